The Kier molecular flexibility index (Phi) is 22.6. The Morgan fingerprint density at radius 3 is 1.92 bits per heavy atom. The molecule has 75 valence electrons. The molecule has 0 saturated carbocycles. The summed E-state index contributed by atoms with van der Waals surface area (Å²) >= 11 is 2.14. The van der Waals surface area contributed by atoms with Gasteiger partial charge in [-0.25, -0.2) is 0 Å². The number of halogens is 2. The molecule has 0 unspecified atom stereocenters. The molecular formula is C9H16Cl2NTi. The van der Waals surface area contributed by atoms with E-state index >= 15 is 0 Å². The number of hydrogen-bond donors (Lipinski definition) is 1. The summed E-state index contributed by atoms with van der Waals surface area (Å²) in [5.74, 6) is 0. The van der Waals surface area contributed by atoms with Crippen LogP contribution in [0.5, 0.6) is 0 Å². The van der Waals surface area contributed by atoms with Gasteiger partial charge in [-0.2, -0.15) is 0 Å². The normalized spacial score (nSPS) is 11.8. The summed E-state index contributed by atoms with van der Waals surface area (Å²) in [5.41, 5.74) is 0. The maximum atomic E-state index is 3.11. The Labute approximate surface area is 106 Å². The zero-order valence-electron chi connectivity index (χ0n) is 8.11. The molecule has 0 bridgehead atoms. The van der Waals surface area contributed by atoms with E-state index in [1.165, 1.54) is 10.3 Å². The molecule has 0 aromatic heterocycles. The first-order chi connectivity index (χ1) is 5.31. The van der Waals surface area contributed by atoms with Gasteiger partial charge in [0.05, 0.1) is 0 Å². The van der Waals surface area contributed by atoms with Gasteiger partial charge in [-0.3, -0.25) is 0 Å². The predicted molar refractivity (Wildman–Crippen MR) is 46.1 cm³/mol. The molecule has 0 radical (unpaired) electrons. The molecule has 0 saturated heterocycles. The molecule has 1 aliphatic rings. The fourth-order valence-corrected chi connectivity index (χ4v) is 1.03. The van der Waals surface area contributed by atoms with Crippen LogP contribution in [0.3, 0.4) is 0 Å². The van der Waals surface area contributed by atoms with E-state index in [4.69, 9.17) is 0 Å². The van der Waals surface area contributed by atoms with Gasteiger partial charge in [0.15, 0.2) is 0 Å². The number of nitrogens with one attached hydrogen (secondary N) is 1. The third-order valence-corrected chi connectivity index (χ3v) is 1.85. The molecule has 0 amide bonds. The van der Waals surface area contributed by atoms with Gasteiger partial charge in [-0.15, -0.1) is 0 Å². The van der Waals surface area contributed by atoms with Crippen LogP contribution in [0.1, 0.15) is 20.3 Å². The van der Waals surface area contributed by atoms with Gasteiger partial charge in [0.25, 0.3) is 0 Å². The standard InChI is InChI=1S/C5H5.C4H11N.2ClH.Ti/c1-2-4-5-3-1;1-3-5-4-2;;;/h1-3H,4H2;5H,3-4H2,1-2H3;2*1H;/q;;;;+2/p-2. The third-order valence-electron chi connectivity index (χ3n) is 1.27. The van der Waals surface area contributed by atoms with E-state index in [1.807, 2.05) is 0 Å². The van der Waals surface area contributed by atoms with Crippen molar-refractivity contribution >= 4 is 0 Å². The Morgan fingerprint density at radius 2 is 1.85 bits per heavy atom. The van der Waals surface area contributed by atoms with Crippen molar-refractivity contribution < 1.29 is 45.2 Å². The predicted octanol–water partition coefficient (Wildman–Crippen LogP) is -4.00. The van der Waals surface area contributed by atoms with Gasteiger partial charge in [0.1, 0.15) is 0 Å². The summed E-state index contributed by atoms with van der Waals surface area (Å²) in [5, 5.41) is 3.11. The van der Waals surface area contributed by atoms with Crippen molar-refractivity contribution in [3.63, 3.8) is 0 Å². The van der Waals surface area contributed by atoms with Crippen LogP contribution in [-0.4, -0.2) is 13.1 Å². The Hall–Kier alpha value is 0.734. The summed E-state index contributed by atoms with van der Waals surface area (Å²) in [6, 6.07) is 0. The van der Waals surface area contributed by atoms with Crippen molar-refractivity contribution in [1.29, 1.82) is 0 Å². The fraction of sp³-hybridized carbons (Fsp3) is 0.556. The van der Waals surface area contributed by atoms with Crippen molar-refractivity contribution in [2.24, 2.45) is 0 Å². The van der Waals surface area contributed by atoms with E-state index in [9.17, 15) is 0 Å². The van der Waals surface area contributed by atoms with E-state index in [0.717, 1.165) is 13.1 Å². The van der Waals surface area contributed by atoms with Gasteiger partial charge in [0, 0.05) is 0 Å². The van der Waals surface area contributed by atoms with Crippen LogP contribution in [0.25, 0.3) is 0 Å². The average Bonchev–Trinajstić information content (AvgIpc) is 2.43. The second-order valence-electron chi connectivity index (χ2n) is 2.28. The second kappa shape index (κ2) is 15.2. The Bertz CT molecular complexity index is 145. The molecule has 4 heteroatoms. The van der Waals surface area contributed by atoms with Gasteiger partial charge in [-0.05, 0) is 13.1 Å². The number of allylic oxidation sites excluding steroid dienone is 4. The van der Waals surface area contributed by atoms with Gasteiger partial charge >= 0.3 is 49.0 Å². The maximum absolute atomic E-state index is 3.11. The molecule has 0 fully saturated rings. The first-order valence-corrected chi connectivity index (χ1v) is 4.87. The van der Waals surface area contributed by atoms with Crippen molar-refractivity contribution in [3.8, 4) is 0 Å². The van der Waals surface area contributed by atoms with Crippen LogP contribution < -0.4 is 30.1 Å². The monoisotopic (exact) mass is 256 g/mol. The zero-order valence-corrected chi connectivity index (χ0v) is 11.2. The molecule has 0 aliphatic heterocycles. The summed E-state index contributed by atoms with van der Waals surface area (Å²) < 4.78 is 1.47. The molecule has 13 heavy (non-hydrogen) atoms. The van der Waals surface area contributed by atoms with Gasteiger partial charge in [0.2, 0.25) is 0 Å². The van der Waals surface area contributed by atoms with Crippen LogP contribution in [0, 0.1) is 0 Å². The van der Waals surface area contributed by atoms with Gasteiger partial charge in [-0.1, -0.05) is 13.8 Å². The summed E-state index contributed by atoms with van der Waals surface area (Å²) in [6.07, 6.45) is 7.56. The minimum absolute atomic E-state index is 0. The molecule has 1 nitrogen and oxygen atoms in total. The van der Waals surface area contributed by atoms with Crippen molar-refractivity contribution in [2.75, 3.05) is 13.1 Å². The van der Waals surface area contributed by atoms with Crippen LogP contribution in [-0.2, 0) is 20.4 Å². The third kappa shape index (κ3) is 15.5. The van der Waals surface area contributed by atoms with E-state index in [-0.39, 0.29) is 24.8 Å². The van der Waals surface area contributed by atoms with Crippen LogP contribution in [0.15, 0.2) is 22.1 Å². The van der Waals surface area contributed by atoms with E-state index < -0.39 is 0 Å². The number of hydrogen-bond acceptors (Lipinski definition) is 1. The number of rotatable bonds is 2. The molecule has 0 heterocycles. The summed E-state index contributed by atoms with van der Waals surface area (Å²) in [4.78, 5) is 0. The molecule has 0 aromatic rings. The molecule has 0 spiro atoms. The topological polar surface area (TPSA) is 12.0 Å². The van der Waals surface area contributed by atoms with Crippen molar-refractivity contribution in [3.05, 3.63) is 22.1 Å². The molecule has 0 atom stereocenters. The Balaban J connectivity index is -0.000000136. The Morgan fingerprint density at radius 1 is 1.31 bits per heavy atom. The van der Waals surface area contributed by atoms with Gasteiger partial charge < -0.3 is 30.1 Å². The zero-order chi connectivity index (χ0) is 8.53. The molecular weight excluding hydrogens is 241 g/mol. The van der Waals surface area contributed by atoms with E-state index in [2.05, 4.69) is 57.8 Å². The van der Waals surface area contributed by atoms with Crippen LogP contribution in [0.4, 0.5) is 0 Å². The minimum atomic E-state index is 0. The first kappa shape index (κ1) is 19.3. The molecule has 0 aromatic carbocycles. The molecule has 1 aliphatic carbocycles. The van der Waals surface area contributed by atoms with Crippen molar-refractivity contribution in [2.45, 2.75) is 20.3 Å². The second-order valence-corrected chi connectivity index (χ2v) is 3.28. The molecule has 1 rings (SSSR count). The van der Waals surface area contributed by atoms with Crippen LogP contribution >= 0.6 is 0 Å². The molecule has 1 N–H and O–H groups in total. The fourth-order valence-electron chi connectivity index (χ4n) is 0.697. The first-order valence-electron chi connectivity index (χ1n) is 4.09. The SMILES string of the molecule is CCNCC.[Cl-].[Cl-].[Ti+2][C]1=CC=CC1. The summed E-state index contributed by atoms with van der Waals surface area (Å²) in [7, 11) is 0. The van der Waals surface area contributed by atoms with E-state index in [0.29, 0.717) is 0 Å². The van der Waals surface area contributed by atoms with E-state index in [1.54, 1.807) is 0 Å². The van der Waals surface area contributed by atoms with Crippen molar-refractivity contribution in [1.82, 2.24) is 5.32 Å². The van der Waals surface area contributed by atoms with Crippen LogP contribution in [0.2, 0.25) is 0 Å². The summed E-state index contributed by atoms with van der Waals surface area (Å²) in [6.45, 7) is 6.39. The quantitative estimate of drug-likeness (QED) is 0.497. The average molecular weight is 257 g/mol.